The predicted octanol–water partition coefficient (Wildman–Crippen LogP) is 2.97. The summed E-state index contributed by atoms with van der Waals surface area (Å²) in [6, 6.07) is 1.99. The van der Waals surface area contributed by atoms with Gasteiger partial charge in [0.15, 0.2) is 11.5 Å². The van der Waals surface area contributed by atoms with E-state index in [1.54, 1.807) is 4.52 Å². The zero-order valence-electron chi connectivity index (χ0n) is 13.3. The summed E-state index contributed by atoms with van der Waals surface area (Å²) in [5.74, 6) is 0.338. The normalized spacial score (nSPS) is 32.1. The minimum absolute atomic E-state index is 0.221. The Morgan fingerprint density at radius 2 is 2.30 bits per heavy atom. The van der Waals surface area contributed by atoms with Gasteiger partial charge in [0.1, 0.15) is 11.5 Å². The molecule has 23 heavy (non-hydrogen) atoms. The van der Waals surface area contributed by atoms with E-state index in [0.717, 1.165) is 22.1 Å². The SMILES string of the molecule is CCC12CC(C(=O)OC)(C1)C(c1nc3c(C)cc(Br)cn3n1)O2. The lowest BCUT2D eigenvalue weighted by Gasteiger charge is -2.42. The van der Waals surface area contributed by atoms with Crippen LogP contribution in [0, 0.1) is 12.3 Å². The van der Waals surface area contributed by atoms with Gasteiger partial charge in [-0.2, -0.15) is 0 Å². The van der Waals surface area contributed by atoms with Crippen LogP contribution in [-0.2, 0) is 14.3 Å². The molecule has 0 N–H and O–H groups in total. The molecule has 0 aromatic carbocycles. The van der Waals surface area contributed by atoms with E-state index in [9.17, 15) is 4.79 Å². The average molecular weight is 380 g/mol. The van der Waals surface area contributed by atoms with Gasteiger partial charge in [0.25, 0.3) is 0 Å². The summed E-state index contributed by atoms with van der Waals surface area (Å²) in [7, 11) is 1.43. The Morgan fingerprint density at radius 1 is 1.57 bits per heavy atom. The summed E-state index contributed by atoms with van der Waals surface area (Å²) in [5, 5.41) is 4.56. The molecule has 1 atom stereocenters. The van der Waals surface area contributed by atoms with E-state index in [-0.39, 0.29) is 11.6 Å². The lowest BCUT2D eigenvalue weighted by atomic mass is 9.59. The molecule has 0 spiro atoms. The monoisotopic (exact) mass is 379 g/mol. The van der Waals surface area contributed by atoms with Crippen LogP contribution in [0.3, 0.4) is 0 Å². The molecule has 3 fully saturated rings. The zero-order valence-corrected chi connectivity index (χ0v) is 14.9. The van der Waals surface area contributed by atoms with Gasteiger partial charge in [0, 0.05) is 10.7 Å². The molecule has 1 saturated carbocycles. The number of carbonyl (C=O) groups is 1. The highest BCUT2D eigenvalue weighted by Gasteiger charge is 2.72. The molecule has 2 aromatic heterocycles. The lowest BCUT2D eigenvalue weighted by Crippen LogP contribution is -2.49. The van der Waals surface area contributed by atoms with Crippen LogP contribution in [0.2, 0.25) is 0 Å². The summed E-state index contributed by atoms with van der Waals surface area (Å²) in [6.07, 6.45) is 3.67. The van der Waals surface area contributed by atoms with Crippen molar-refractivity contribution < 1.29 is 14.3 Å². The third-order valence-corrected chi connectivity index (χ3v) is 5.65. The molecule has 3 aliphatic rings. The van der Waals surface area contributed by atoms with E-state index in [2.05, 4.69) is 32.9 Å². The van der Waals surface area contributed by atoms with E-state index in [1.165, 1.54) is 7.11 Å². The number of ether oxygens (including phenoxy) is 2. The summed E-state index contributed by atoms with van der Waals surface area (Å²) in [6.45, 7) is 4.07. The van der Waals surface area contributed by atoms with Crippen LogP contribution in [0.15, 0.2) is 16.7 Å². The number of rotatable bonds is 3. The smallest absolute Gasteiger partial charge is 0.315 e. The Kier molecular flexibility index (Phi) is 3.13. The first-order valence-electron chi connectivity index (χ1n) is 7.72. The van der Waals surface area contributed by atoms with Crippen LogP contribution >= 0.6 is 15.9 Å². The van der Waals surface area contributed by atoms with Gasteiger partial charge in [-0.3, -0.25) is 4.79 Å². The third kappa shape index (κ3) is 1.92. The maximum Gasteiger partial charge on any atom is 0.315 e. The second kappa shape index (κ2) is 4.77. The first-order valence-corrected chi connectivity index (χ1v) is 8.51. The number of nitrogens with zero attached hydrogens (tertiary/aromatic N) is 3. The van der Waals surface area contributed by atoms with Crippen molar-refractivity contribution in [1.82, 2.24) is 14.6 Å². The molecule has 6 nitrogen and oxygen atoms in total. The minimum atomic E-state index is -0.638. The molecule has 7 heteroatoms. The predicted molar refractivity (Wildman–Crippen MR) is 86.0 cm³/mol. The van der Waals surface area contributed by atoms with Gasteiger partial charge in [-0.15, -0.1) is 5.10 Å². The van der Waals surface area contributed by atoms with E-state index in [1.807, 2.05) is 19.2 Å². The number of esters is 1. The van der Waals surface area contributed by atoms with Crippen molar-refractivity contribution in [3.8, 4) is 0 Å². The van der Waals surface area contributed by atoms with E-state index >= 15 is 0 Å². The van der Waals surface area contributed by atoms with Crippen molar-refractivity contribution in [3.63, 3.8) is 0 Å². The van der Waals surface area contributed by atoms with Crippen molar-refractivity contribution in [3.05, 3.63) is 28.1 Å². The Labute approximate surface area is 142 Å². The van der Waals surface area contributed by atoms with Gasteiger partial charge in [-0.05, 0) is 53.7 Å². The van der Waals surface area contributed by atoms with Crippen molar-refractivity contribution in [2.45, 2.75) is 44.8 Å². The van der Waals surface area contributed by atoms with E-state index in [0.29, 0.717) is 18.7 Å². The van der Waals surface area contributed by atoms with Gasteiger partial charge in [-0.25, -0.2) is 9.50 Å². The molecule has 5 rings (SSSR count). The van der Waals surface area contributed by atoms with Crippen molar-refractivity contribution in [2.24, 2.45) is 5.41 Å². The molecule has 2 aromatic rings. The third-order valence-electron chi connectivity index (χ3n) is 5.22. The van der Waals surface area contributed by atoms with Crippen LogP contribution in [-0.4, -0.2) is 33.3 Å². The van der Waals surface area contributed by atoms with Gasteiger partial charge in [-0.1, -0.05) is 6.92 Å². The van der Waals surface area contributed by atoms with Crippen LogP contribution in [0.5, 0.6) is 0 Å². The molecule has 0 amide bonds. The van der Waals surface area contributed by atoms with Crippen LogP contribution in [0.25, 0.3) is 5.65 Å². The summed E-state index contributed by atoms with van der Waals surface area (Å²) < 4.78 is 13.9. The number of pyridine rings is 1. The fourth-order valence-corrected chi connectivity index (χ4v) is 4.59. The number of methoxy groups -OCH3 is 1. The maximum atomic E-state index is 12.4. The Bertz CT molecular complexity index is 810. The van der Waals surface area contributed by atoms with Gasteiger partial charge < -0.3 is 9.47 Å². The number of hydrogen-bond acceptors (Lipinski definition) is 5. The van der Waals surface area contributed by atoms with Gasteiger partial charge in [0.2, 0.25) is 0 Å². The number of halogens is 1. The Hall–Kier alpha value is -1.47. The molecule has 1 unspecified atom stereocenters. The van der Waals surface area contributed by atoms with Crippen LogP contribution in [0.4, 0.5) is 0 Å². The maximum absolute atomic E-state index is 12.4. The molecule has 2 aliphatic heterocycles. The lowest BCUT2D eigenvalue weighted by molar-refractivity contribution is -0.159. The first-order chi connectivity index (χ1) is 10.9. The van der Waals surface area contributed by atoms with E-state index in [4.69, 9.17) is 9.47 Å². The second-order valence-electron chi connectivity index (χ2n) is 6.62. The minimum Gasteiger partial charge on any atom is -0.469 e. The van der Waals surface area contributed by atoms with Crippen molar-refractivity contribution >= 4 is 27.5 Å². The Morgan fingerprint density at radius 3 is 2.96 bits per heavy atom. The molecule has 2 saturated heterocycles. The van der Waals surface area contributed by atoms with Gasteiger partial charge >= 0.3 is 5.97 Å². The topological polar surface area (TPSA) is 65.7 Å². The number of carbonyl (C=O) groups excluding carboxylic acids is 1. The second-order valence-corrected chi connectivity index (χ2v) is 7.53. The standard InChI is InChI=1S/C16H18BrN3O3/c1-4-15-7-16(8-15,14(21)22-3)11(23-15)12-18-13-9(2)5-10(17)6-20(13)19-12/h5-6,11H,4,7-8H2,1-3H3. The molecule has 1 aliphatic carbocycles. The number of hydrogen-bond donors (Lipinski definition) is 0. The van der Waals surface area contributed by atoms with Crippen molar-refractivity contribution in [1.29, 1.82) is 0 Å². The van der Waals surface area contributed by atoms with Crippen LogP contribution in [0.1, 0.15) is 43.7 Å². The largest absolute Gasteiger partial charge is 0.469 e. The number of aromatic nitrogens is 3. The van der Waals surface area contributed by atoms with E-state index < -0.39 is 11.5 Å². The molecular formula is C16H18BrN3O3. The highest BCUT2D eigenvalue weighted by atomic mass is 79.9. The van der Waals surface area contributed by atoms with Crippen molar-refractivity contribution in [2.75, 3.05) is 7.11 Å². The molecular weight excluding hydrogens is 362 g/mol. The van der Waals surface area contributed by atoms with Crippen LogP contribution < -0.4 is 0 Å². The average Bonchev–Trinajstić information content (AvgIpc) is 3.13. The number of fused-ring (bicyclic) bond motifs is 2. The summed E-state index contributed by atoms with van der Waals surface area (Å²) in [4.78, 5) is 17.0. The molecule has 0 radical (unpaired) electrons. The zero-order chi connectivity index (χ0) is 16.4. The highest BCUT2D eigenvalue weighted by molar-refractivity contribution is 9.10. The molecule has 122 valence electrons. The number of aryl methyl sites for hydroxylation is 1. The van der Waals surface area contributed by atoms with Gasteiger partial charge in [0.05, 0.1) is 12.7 Å². The highest BCUT2D eigenvalue weighted by Crippen LogP contribution is 2.68. The summed E-state index contributed by atoms with van der Waals surface area (Å²) in [5.41, 5.74) is 0.926. The Balaban J connectivity index is 1.80. The quantitative estimate of drug-likeness (QED) is 0.766. The first kappa shape index (κ1) is 15.1. The fourth-order valence-electron chi connectivity index (χ4n) is 4.05. The fraction of sp³-hybridized carbons (Fsp3) is 0.562. The summed E-state index contributed by atoms with van der Waals surface area (Å²) >= 11 is 3.47. The molecule has 4 heterocycles. The molecule has 2 bridgehead atoms.